The fourth-order valence-corrected chi connectivity index (χ4v) is 2.04. The molecule has 0 radical (unpaired) electrons. The van der Waals surface area contributed by atoms with Gasteiger partial charge in [-0.15, -0.1) is 0 Å². The average molecular weight is 269 g/mol. The Kier molecular flexibility index (Phi) is 1.01. The maximum absolute atomic E-state index is 8.60. The van der Waals surface area contributed by atoms with Crippen molar-refractivity contribution in [1.82, 2.24) is 0 Å². The third-order valence-corrected chi connectivity index (χ3v) is 2.99. The topological polar surface area (TPSA) is 13.1 Å². The molecule has 1 heterocycles. The number of para-hydroxylation sites is 1. The molecule has 0 saturated carbocycles. The molecule has 0 spiro atoms. The SMILES string of the molecule is [2H]c1c([2H])c([2H])c(-c2c([2H])c([2H])c3c(oc4c(C)c([2H])c([2H])c([2H])c43)c2[2H])c([2H])c1[2H]. The van der Waals surface area contributed by atoms with E-state index in [9.17, 15) is 0 Å². The first-order valence-corrected chi connectivity index (χ1v) is 5.91. The monoisotopic (exact) mass is 269 g/mol. The number of benzene rings is 3. The van der Waals surface area contributed by atoms with Crippen LogP contribution in [0.15, 0.2) is 70.9 Å². The summed E-state index contributed by atoms with van der Waals surface area (Å²) < 4.78 is 95.2. The van der Waals surface area contributed by atoms with Gasteiger partial charge in [-0.05, 0) is 35.7 Å². The molecule has 0 aliphatic rings. The van der Waals surface area contributed by atoms with E-state index >= 15 is 0 Å². The summed E-state index contributed by atoms with van der Waals surface area (Å²) in [5, 5.41) is -0.0178. The molecule has 0 amide bonds. The Morgan fingerprint density at radius 1 is 0.800 bits per heavy atom. The zero-order valence-electron chi connectivity index (χ0n) is 21.4. The van der Waals surface area contributed by atoms with Gasteiger partial charge in [0.25, 0.3) is 0 Å². The lowest BCUT2D eigenvalue weighted by Crippen LogP contribution is -1.76. The van der Waals surface area contributed by atoms with E-state index in [0.29, 0.717) is 0 Å². The van der Waals surface area contributed by atoms with Crippen LogP contribution in [0.2, 0.25) is 0 Å². The van der Waals surface area contributed by atoms with Gasteiger partial charge >= 0.3 is 0 Å². The van der Waals surface area contributed by atoms with Crippen molar-refractivity contribution in [3.63, 3.8) is 0 Å². The van der Waals surface area contributed by atoms with Gasteiger partial charge in [0, 0.05) is 10.8 Å². The molecule has 0 aliphatic heterocycles. The molecule has 0 N–H and O–H groups in total. The van der Waals surface area contributed by atoms with Crippen LogP contribution in [0.5, 0.6) is 0 Å². The Balaban J connectivity index is 2.27. The van der Waals surface area contributed by atoms with Crippen molar-refractivity contribution in [3.05, 3.63) is 72.0 Å². The highest BCUT2D eigenvalue weighted by Crippen LogP contribution is 2.33. The van der Waals surface area contributed by atoms with Crippen LogP contribution in [-0.4, -0.2) is 0 Å². The van der Waals surface area contributed by atoms with Gasteiger partial charge in [0.05, 0.1) is 15.1 Å². The molecule has 0 saturated heterocycles. The Morgan fingerprint density at radius 3 is 2.50 bits per heavy atom. The summed E-state index contributed by atoms with van der Waals surface area (Å²) >= 11 is 0. The van der Waals surface area contributed by atoms with E-state index in [1.165, 1.54) is 6.92 Å². The smallest absolute Gasteiger partial charge is 0.138 e. The Labute approximate surface area is 132 Å². The van der Waals surface area contributed by atoms with Crippen LogP contribution in [0, 0.1) is 6.92 Å². The van der Waals surface area contributed by atoms with E-state index in [1.54, 1.807) is 0 Å². The van der Waals surface area contributed by atoms with Gasteiger partial charge in [0.1, 0.15) is 11.2 Å². The van der Waals surface area contributed by atoms with Crippen LogP contribution in [-0.2, 0) is 0 Å². The lowest BCUT2D eigenvalue weighted by atomic mass is 10.0. The van der Waals surface area contributed by atoms with Gasteiger partial charge in [-0.25, -0.2) is 0 Å². The largest absolute Gasteiger partial charge is 0.456 e. The summed E-state index contributed by atoms with van der Waals surface area (Å²) in [6.07, 6.45) is 0. The first-order valence-electron chi connectivity index (χ1n) is 11.4. The number of hydrogen-bond donors (Lipinski definition) is 0. The molecule has 0 unspecified atom stereocenters. The summed E-state index contributed by atoms with van der Waals surface area (Å²) in [5.74, 6) is 0. The predicted octanol–water partition coefficient (Wildman–Crippen LogP) is 5.56. The summed E-state index contributed by atoms with van der Waals surface area (Å²) in [6, 6.07) is -5.56. The highest BCUT2D eigenvalue weighted by molar-refractivity contribution is 6.06. The van der Waals surface area contributed by atoms with E-state index in [1.807, 2.05) is 0 Å². The maximum atomic E-state index is 8.60. The highest BCUT2D eigenvalue weighted by Gasteiger charge is 2.09. The lowest BCUT2D eigenvalue weighted by Gasteiger charge is -2.00. The fourth-order valence-electron chi connectivity index (χ4n) is 2.04. The van der Waals surface area contributed by atoms with Crippen LogP contribution in [0.1, 0.15) is 20.6 Å². The molecule has 4 rings (SSSR count). The standard InChI is InChI=1S/C19H14O/c1-13-6-5-9-17-16-11-10-15(12-18(16)20-19(13)17)14-7-3-2-4-8-14/h2-12H,1H3/i2D,3D,4D,5D,6D,7D,8D,9D,10D,11D,12D. The molecular formula is C19H14O. The summed E-state index contributed by atoms with van der Waals surface area (Å²) in [6.45, 7) is 1.51. The third-order valence-electron chi connectivity index (χ3n) is 2.99. The van der Waals surface area contributed by atoms with Crippen LogP contribution >= 0.6 is 0 Å². The van der Waals surface area contributed by atoms with E-state index in [2.05, 4.69) is 0 Å². The lowest BCUT2D eigenvalue weighted by molar-refractivity contribution is 0.666. The van der Waals surface area contributed by atoms with E-state index < -0.39 is 48.3 Å². The molecule has 0 fully saturated rings. The second-order valence-corrected chi connectivity index (χ2v) is 4.26. The van der Waals surface area contributed by atoms with Gasteiger partial charge in [-0.1, -0.05) is 54.4 Å². The Bertz CT molecular complexity index is 1420. The van der Waals surface area contributed by atoms with E-state index in [0.717, 1.165) is 0 Å². The maximum Gasteiger partial charge on any atom is 0.138 e. The van der Waals surface area contributed by atoms with Crippen LogP contribution in [0.25, 0.3) is 33.1 Å². The van der Waals surface area contributed by atoms with Crippen molar-refractivity contribution in [2.45, 2.75) is 6.92 Å². The highest BCUT2D eigenvalue weighted by atomic mass is 16.3. The Hall–Kier alpha value is -2.54. The first kappa shape index (κ1) is 4.78. The molecular weight excluding hydrogens is 244 g/mol. The zero-order chi connectivity index (χ0) is 23.1. The van der Waals surface area contributed by atoms with E-state index in [-0.39, 0.29) is 56.8 Å². The van der Waals surface area contributed by atoms with Crippen molar-refractivity contribution < 1.29 is 19.5 Å². The first-order chi connectivity index (χ1) is 14.4. The minimum absolute atomic E-state index is 0.0353. The average Bonchev–Trinajstić information content (AvgIpc) is 3.15. The van der Waals surface area contributed by atoms with Crippen LogP contribution < -0.4 is 0 Å². The number of aryl methyl sites for hydroxylation is 1. The second-order valence-electron chi connectivity index (χ2n) is 4.26. The molecule has 0 bridgehead atoms. The summed E-state index contributed by atoms with van der Waals surface area (Å²) in [4.78, 5) is 0. The number of rotatable bonds is 1. The van der Waals surface area contributed by atoms with Gasteiger partial charge in [0.2, 0.25) is 0 Å². The van der Waals surface area contributed by atoms with Crippen molar-refractivity contribution in [2.24, 2.45) is 0 Å². The van der Waals surface area contributed by atoms with Gasteiger partial charge in [0.15, 0.2) is 0 Å². The molecule has 1 aromatic heterocycles. The summed E-state index contributed by atoms with van der Waals surface area (Å²) in [7, 11) is 0. The van der Waals surface area contributed by atoms with E-state index in [4.69, 9.17) is 19.5 Å². The predicted molar refractivity (Wildman–Crippen MR) is 83.9 cm³/mol. The third kappa shape index (κ3) is 1.64. The second kappa shape index (κ2) is 4.24. The van der Waals surface area contributed by atoms with Gasteiger partial charge in [-0.2, -0.15) is 0 Å². The van der Waals surface area contributed by atoms with Gasteiger partial charge < -0.3 is 4.42 Å². The summed E-state index contributed by atoms with van der Waals surface area (Å²) in [5.41, 5.74) is -0.668. The minimum atomic E-state index is -0.631. The fraction of sp³-hybridized carbons (Fsp3) is 0.0526. The van der Waals surface area contributed by atoms with Crippen molar-refractivity contribution >= 4 is 21.9 Å². The normalized spacial score (nSPS) is 18.9. The quantitative estimate of drug-likeness (QED) is 0.441. The van der Waals surface area contributed by atoms with Crippen molar-refractivity contribution in [2.75, 3.05) is 0 Å². The Morgan fingerprint density at radius 2 is 1.65 bits per heavy atom. The van der Waals surface area contributed by atoms with Crippen molar-refractivity contribution in [1.29, 1.82) is 0 Å². The van der Waals surface area contributed by atoms with Crippen LogP contribution in [0.4, 0.5) is 0 Å². The molecule has 1 nitrogen and oxygen atoms in total. The molecule has 0 atom stereocenters. The number of fused-ring (bicyclic) bond motifs is 3. The number of furan rings is 1. The number of hydrogen-bond acceptors (Lipinski definition) is 1. The minimum Gasteiger partial charge on any atom is -0.456 e. The molecule has 0 aliphatic carbocycles. The van der Waals surface area contributed by atoms with Gasteiger partial charge in [-0.3, -0.25) is 0 Å². The molecule has 3 aromatic carbocycles. The molecule has 4 aromatic rings. The molecule has 20 heavy (non-hydrogen) atoms. The zero-order valence-corrected chi connectivity index (χ0v) is 10.4. The molecule has 1 heteroatoms. The van der Waals surface area contributed by atoms with Crippen molar-refractivity contribution in [3.8, 4) is 11.1 Å². The van der Waals surface area contributed by atoms with Crippen LogP contribution in [0.3, 0.4) is 0 Å². The molecule has 96 valence electrons.